The summed E-state index contributed by atoms with van der Waals surface area (Å²) < 4.78 is 25.8. The molecule has 6 heteroatoms. The van der Waals surface area contributed by atoms with Crippen molar-refractivity contribution < 1.29 is 18.4 Å². The third-order valence-electron chi connectivity index (χ3n) is 4.65. The summed E-state index contributed by atoms with van der Waals surface area (Å²) in [6.45, 7) is 1.73. The molecule has 0 aromatic heterocycles. The molecule has 2 amide bonds. The lowest BCUT2D eigenvalue weighted by molar-refractivity contribution is 0.0684. The molecule has 1 aliphatic rings. The van der Waals surface area contributed by atoms with E-state index in [0.29, 0.717) is 30.8 Å². The highest BCUT2D eigenvalue weighted by molar-refractivity contribution is 5.94. The van der Waals surface area contributed by atoms with Crippen molar-refractivity contribution in [3.8, 4) is 0 Å². The summed E-state index contributed by atoms with van der Waals surface area (Å²) in [5, 5.41) is 2.86. The molecule has 0 aliphatic carbocycles. The Morgan fingerprint density at radius 3 is 1.92 bits per heavy atom. The minimum absolute atomic E-state index is 0.0983. The molecule has 0 atom stereocenters. The molecule has 0 bridgehead atoms. The van der Waals surface area contributed by atoms with E-state index in [1.54, 1.807) is 4.90 Å². The molecule has 2 aromatic carbocycles. The van der Waals surface area contributed by atoms with E-state index >= 15 is 0 Å². The predicted molar refractivity (Wildman–Crippen MR) is 93.8 cm³/mol. The molecule has 1 heterocycles. The third kappa shape index (κ3) is 4.45. The molecule has 3 rings (SSSR count). The van der Waals surface area contributed by atoms with Gasteiger partial charge in [-0.15, -0.1) is 0 Å². The monoisotopic (exact) mass is 358 g/mol. The minimum atomic E-state index is -0.375. The molecular formula is C20H20F2N2O2. The number of likely N-dealkylation sites (tertiary alicyclic amines) is 1. The van der Waals surface area contributed by atoms with Gasteiger partial charge in [0.15, 0.2) is 0 Å². The molecule has 4 nitrogen and oxygen atoms in total. The minimum Gasteiger partial charge on any atom is -0.352 e. The van der Waals surface area contributed by atoms with Crippen LogP contribution in [-0.4, -0.2) is 36.3 Å². The van der Waals surface area contributed by atoms with Crippen LogP contribution in [0.3, 0.4) is 0 Å². The van der Waals surface area contributed by atoms with Crippen LogP contribution in [0.15, 0.2) is 48.5 Å². The van der Waals surface area contributed by atoms with E-state index in [1.165, 1.54) is 48.5 Å². The Bertz CT molecular complexity index is 767. The first-order valence-corrected chi connectivity index (χ1v) is 8.61. The number of nitrogens with zero attached hydrogens (tertiary/aromatic N) is 1. The van der Waals surface area contributed by atoms with Crippen LogP contribution in [0.25, 0.3) is 0 Å². The van der Waals surface area contributed by atoms with Crippen molar-refractivity contribution in [2.45, 2.75) is 12.8 Å². The Labute approximate surface area is 150 Å². The Morgan fingerprint density at radius 2 is 1.38 bits per heavy atom. The lowest BCUT2D eigenvalue weighted by Crippen LogP contribution is -2.41. The average Bonchev–Trinajstić information content (AvgIpc) is 2.67. The van der Waals surface area contributed by atoms with Crippen molar-refractivity contribution in [3.05, 3.63) is 71.3 Å². The van der Waals surface area contributed by atoms with Crippen molar-refractivity contribution in [2.24, 2.45) is 5.92 Å². The molecular weight excluding hydrogens is 338 g/mol. The highest BCUT2D eigenvalue weighted by Crippen LogP contribution is 2.19. The molecule has 0 spiro atoms. The lowest BCUT2D eigenvalue weighted by Gasteiger charge is -2.32. The molecule has 0 radical (unpaired) electrons. The summed E-state index contributed by atoms with van der Waals surface area (Å²) >= 11 is 0. The van der Waals surface area contributed by atoms with Gasteiger partial charge in [0.1, 0.15) is 11.6 Å². The number of hydrogen-bond donors (Lipinski definition) is 1. The number of amides is 2. The predicted octanol–water partition coefficient (Wildman–Crippen LogP) is 3.25. The normalized spacial score (nSPS) is 14.9. The smallest absolute Gasteiger partial charge is 0.253 e. The van der Waals surface area contributed by atoms with Crippen LogP contribution in [0.5, 0.6) is 0 Å². The Kier molecular flexibility index (Phi) is 5.61. The van der Waals surface area contributed by atoms with Crippen LogP contribution in [0, 0.1) is 17.6 Å². The first kappa shape index (κ1) is 18.0. The van der Waals surface area contributed by atoms with Crippen LogP contribution in [-0.2, 0) is 0 Å². The SMILES string of the molecule is O=C(NCC1CCN(C(=O)c2ccc(F)cc2)CC1)c1ccc(F)cc1. The van der Waals surface area contributed by atoms with E-state index in [0.717, 1.165) is 12.8 Å². The number of nitrogens with one attached hydrogen (secondary N) is 1. The van der Waals surface area contributed by atoms with Crippen LogP contribution in [0.4, 0.5) is 8.78 Å². The summed E-state index contributed by atoms with van der Waals surface area (Å²) in [6.07, 6.45) is 1.58. The lowest BCUT2D eigenvalue weighted by atomic mass is 9.96. The number of carbonyl (C=O) groups is 2. The summed E-state index contributed by atoms with van der Waals surface area (Å²) in [5.74, 6) is -0.776. The van der Waals surface area contributed by atoms with Crippen molar-refractivity contribution in [1.29, 1.82) is 0 Å². The Morgan fingerprint density at radius 1 is 0.885 bits per heavy atom. The standard InChI is InChI=1S/C20H20F2N2O2/c21-17-5-1-15(2-6-17)19(25)23-13-14-9-11-24(12-10-14)20(26)16-3-7-18(22)8-4-16/h1-8,14H,9-13H2,(H,23,25). The molecule has 1 saturated heterocycles. The van der Waals surface area contributed by atoms with Gasteiger partial charge < -0.3 is 10.2 Å². The van der Waals surface area contributed by atoms with E-state index in [4.69, 9.17) is 0 Å². The fourth-order valence-corrected chi connectivity index (χ4v) is 3.06. The quantitative estimate of drug-likeness (QED) is 0.912. The molecule has 1 fully saturated rings. The second-order valence-corrected chi connectivity index (χ2v) is 6.46. The van der Waals surface area contributed by atoms with Crippen LogP contribution >= 0.6 is 0 Å². The maximum atomic E-state index is 13.0. The van der Waals surface area contributed by atoms with E-state index in [1.807, 2.05) is 0 Å². The molecule has 0 saturated carbocycles. The average molecular weight is 358 g/mol. The van der Waals surface area contributed by atoms with Crippen molar-refractivity contribution in [2.75, 3.05) is 19.6 Å². The largest absolute Gasteiger partial charge is 0.352 e. The second kappa shape index (κ2) is 8.08. The maximum Gasteiger partial charge on any atom is 0.253 e. The van der Waals surface area contributed by atoms with Gasteiger partial charge in [0.2, 0.25) is 0 Å². The number of hydrogen-bond acceptors (Lipinski definition) is 2. The number of halogens is 2. The van der Waals surface area contributed by atoms with Gasteiger partial charge in [-0.3, -0.25) is 9.59 Å². The molecule has 1 N–H and O–H groups in total. The summed E-state index contributed by atoms with van der Waals surface area (Å²) in [4.78, 5) is 26.2. The highest BCUT2D eigenvalue weighted by atomic mass is 19.1. The van der Waals surface area contributed by atoms with E-state index in [-0.39, 0.29) is 29.4 Å². The molecule has 136 valence electrons. The van der Waals surface area contributed by atoms with Gasteiger partial charge in [-0.25, -0.2) is 8.78 Å². The summed E-state index contributed by atoms with van der Waals surface area (Å²) in [5.41, 5.74) is 0.907. The Hall–Kier alpha value is -2.76. The molecule has 26 heavy (non-hydrogen) atoms. The van der Waals surface area contributed by atoms with Crippen molar-refractivity contribution in [3.63, 3.8) is 0 Å². The number of carbonyl (C=O) groups excluding carboxylic acids is 2. The third-order valence-corrected chi connectivity index (χ3v) is 4.65. The maximum absolute atomic E-state index is 13.0. The fraction of sp³-hybridized carbons (Fsp3) is 0.300. The van der Waals surface area contributed by atoms with Gasteiger partial charge in [0.05, 0.1) is 0 Å². The zero-order valence-electron chi connectivity index (χ0n) is 14.3. The van der Waals surface area contributed by atoms with E-state index in [2.05, 4.69) is 5.32 Å². The number of benzene rings is 2. The van der Waals surface area contributed by atoms with Crippen LogP contribution in [0.2, 0.25) is 0 Å². The zero-order chi connectivity index (χ0) is 18.5. The van der Waals surface area contributed by atoms with E-state index in [9.17, 15) is 18.4 Å². The zero-order valence-corrected chi connectivity index (χ0v) is 14.3. The summed E-state index contributed by atoms with van der Waals surface area (Å²) in [7, 11) is 0. The van der Waals surface area contributed by atoms with Crippen molar-refractivity contribution in [1.82, 2.24) is 10.2 Å². The van der Waals surface area contributed by atoms with E-state index < -0.39 is 0 Å². The van der Waals surface area contributed by atoms with Gasteiger partial charge >= 0.3 is 0 Å². The number of piperidine rings is 1. The number of rotatable bonds is 4. The molecule has 1 aliphatic heterocycles. The van der Waals surface area contributed by atoms with Gasteiger partial charge in [0, 0.05) is 30.8 Å². The first-order chi connectivity index (χ1) is 12.5. The van der Waals surface area contributed by atoms with Gasteiger partial charge in [-0.1, -0.05) is 0 Å². The van der Waals surface area contributed by atoms with Gasteiger partial charge in [-0.2, -0.15) is 0 Å². The van der Waals surface area contributed by atoms with Crippen LogP contribution in [0.1, 0.15) is 33.6 Å². The molecule has 0 unspecified atom stereocenters. The Balaban J connectivity index is 1.46. The first-order valence-electron chi connectivity index (χ1n) is 8.61. The van der Waals surface area contributed by atoms with Crippen molar-refractivity contribution >= 4 is 11.8 Å². The highest BCUT2D eigenvalue weighted by Gasteiger charge is 2.24. The van der Waals surface area contributed by atoms with Gasteiger partial charge in [0.25, 0.3) is 11.8 Å². The van der Waals surface area contributed by atoms with Crippen LogP contribution < -0.4 is 5.32 Å². The fourth-order valence-electron chi connectivity index (χ4n) is 3.06. The summed E-state index contributed by atoms with van der Waals surface area (Å²) in [6, 6.07) is 11.0. The topological polar surface area (TPSA) is 49.4 Å². The molecule has 2 aromatic rings. The second-order valence-electron chi connectivity index (χ2n) is 6.46. The van der Waals surface area contributed by atoms with Gasteiger partial charge in [-0.05, 0) is 67.3 Å².